The van der Waals surface area contributed by atoms with Crippen LogP contribution in [0.15, 0.2) is 71.6 Å². The third kappa shape index (κ3) is 4.13. The first-order valence-electron chi connectivity index (χ1n) is 8.92. The highest BCUT2D eigenvalue weighted by molar-refractivity contribution is 7.93. The van der Waals surface area contributed by atoms with Crippen molar-refractivity contribution < 1.29 is 22.7 Å². The number of hydrogen-bond acceptors (Lipinski definition) is 5. The Morgan fingerprint density at radius 2 is 1.53 bits per heavy atom. The normalized spacial score (nSPS) is 11.1. The molecule has 3 rings (SSSR count). The van der Waals surface area contributed by atoms with Crippen molar-refractivity contribution in [3.63, 3.8) is 0 Å². The molecule has 0 bridgehead atoms. The molecule has 0 aliphatic heterocycles. The fraction of sp³-hybridized carbons (Fsp3) is 0.136. The van der Waals surface area contributed by atoms with Gasteiger partial charge in [0.15, 0.2) is 0 Å². The van der Waals surface area contributed by atoms with Crippen molar-refractivity contribution in [3.8, 4) is 11.5 Å². The van der Waals surface area contributed by atoms with Crippen molar-refractivity contribution in [2.75, 3.05) is 18.5 Å². The van der Waals surface area contributed by atoms with E-state index in [0.717, 1.165) is 9.87 Å². The summed E-state index contributed by atoms with van der Waals surface area (Å²) in [4.78, 5) is 13.4. The molecule has 0 heterocycles. The monoisotopic (exact) mass is 445 g/mol. The van der Waals surface area contributed by atoms with Crippen molar-refractivity contribution in [2.45, 2.75) is 11.8 Å². The number of sulfonamides is 1. The zero-order valence-electron chi connectivity index (χ0n) is 16.6. The number of para-hydroxylation sites is 1. The summed E-state index contributed by atoms with van der Waals surface area (Å²) >= 11 is 6.22. The molecule has 0 aromatic heterocycles. The highest BCUT2D eigenvalue weighted by Gasteiger charge is 2.33. The van der Waals surface area contributed by atoms with Gasteiger partial charge in [-0.1, -0.05) is 41.4 Å². The molecule has 8 heteroatoms. The highest BCUT2D eigenvalue weighted by Crippen LogP contribution is 2.34. The Bertz CT molecular complexity index is 1180. The van der Waals surface area contributed by atoms with E-state index in [1.54, 1.807) is 30.3 Å². The molecule has 0 aliphatic rings. The van der Waals surface area contributed by atoms with Gasteiger partial charge < -0.3 is 9.47 Å². The van der Waals surface area contributed by atoms with Crippen molar-refractivity contribution in [2.24, 2.45) is 0 Å². The minimum Gasteiger partial charge on any atom is -0.496 e. The summed E-state index contributed by atoms with van der Waals surface area (Å²) in [5, 5.41) is 0.173. The van der Waals surface area contributed by atoms with Crippen LogP contribution in [0.3, 0.4) is 0 Å². The van der Waals surface area contributed by atoms with E-state index in [1.165, 1.54) is 50.6 Å². The van der Waals surface area contributed by atoms with E-state index in [0.29, 0.717) is 5.75 Å². The first kappa shape index (κ1) is 21.7. The van der Waals surface area contributed by atoms with E-state index in [9.17, 15) is 13.2 Å². The maximum atomic E-state index is 13.5. The maximum absolute atomic E-state index is 13.5. The SMILES string of the molecule is COc1ccc(N(C(=O)c2ccccc2OC)S(=O)(=O)c2ccc(C)cc2)cc1Cl. The Kier molecular flexibility index (Phi) is 6.34. The van der Waals surface area contributed by atoms with Gasteiger partial charge in [0.1, 0.15) is 11.5 Å². The van der Waals surface area contributed by atoms with Gasteiger partial charge in [-0.15, -0.1) is 0 Å². The molecule has 0 unspecified atom stereocenters. The number of benzene rings is 3. The van der Waals surface area contributed by atoms with Crippen molar-refractivity contribution in [1.82, 2.24) is 0 Å². The van der Waals surface area contributed by atoms with Crippen LogP contribution in [0.2, 0.25) is 5.02 Å². The number of anilines is 1. The van der Waals surface area contributed by atoms with Gasteiger partial charge in [0.2, 0.25) is 0 Å². The molecule has 0 N–H and O–H groups in total. The second-order valence-electron chi connectivity index (χ2n) is 6.41. The number of nitrogens with zero attached hydrogens (tertiary/aromatic N) is 1. The minimum absolute atomic E-state index is 0.0247. The number of hydrogen-bond donors (Lipinski definition) is 0. The van der Waals surface area contributed by atoms with Gasteiger partial charge in [0.25, 0.3) is 15.9 Å². The first-order valence-corrected chi connectivity index (χ1v) is 10.7. The van der Waals surface area contributed by atoms with E-state index in [1.807, 2.05) is 6.92 Å². The summed E-state index contributed by atoms with van der Waals surface area (Å²) in [5.41, 5.74) is 1.07. The average molecular weight is 446 g/mol. The Morgan fingerprint density at radius 1 is 0.900 bits per heavy atom. The van der Waals surface area contributed by atoms with E-state index in [4.69, 9.17) is 21.1 Å². The smallest absolute Gasteiger partial charge is 0.276 e. The third-order valence-electron chi connectivity index (χ3n) is 4.45. The topological polar surface area (TPSA) is 72.9 Å². The first-order chi connectivity index (χ1) is 14.3. The molecule has 3 aromatic rings. The predicted molar refractivity (Wildman–Crippen MR) is 116 cm³/mol. The molecular weight excluding hydrogens is 426 g/mol. The lowest BCUT2D eigenvalue weighted by atomic mass is 10.2. The molecule has 1 amide bonds. The Balaban J connectivity index is 2.22. The van der Waals surface area contributed by atoms with Crippen molar-refractivity contribution in [3.05, 3.63) is 82.9 Å². The van der Waals surface area contributed by atoms with Crippen LogP contribution < -0.4 is 13.8 Å². The van der Waals surface area contributed by atoms with Gasteiger partial charge in [-0.05, 0) is 49.4 Å². The summed E-state index contributed by atoms with van der Waals surface area (Å²) in [6.07, 6.45) is 0. The molecule has 6 nitrogen and oxygen atoms in total. The number of aryl methyl sites for hydroxylation is 1. The Morgan fingerprint density at radius 3 is 2.13 bits per heavy atom. The molecule has 0 fully saturated rings. The van der Waals surface area contributed by atoms with Gasteiger partial charge in [0.05, 0.1) is 35.4 Å². The molecule has 0 saturated carbocycles. The quantitative estimate of drug-likeness (QED) is 0.549. The minimum atomic E-state index is -4.25. The van der Waals surface area contributed by atoms with Gasteiger partial charge >= 0.3 is 0 Å². The molecule has 0 radical (unpaired) electrons. The molecule has 3 aromatic carbocycles. The molecule has 0 spiro atoms. The zero-order chi connectivity index (χ0) is 21.9. The lowest BCUT2D eigenvalue weighted by Crippen LogP contribution is -2.37. The number of ether oxygens (including phenoxy) is 2. The fourth-order valence-corrected chi connectivity index (χ4v) is 4.54. The largest absolute Gasteiger partial charge is 0.496 e. The second kappa shape index (κ2) is 8.77. The predicted octanol–water partition coefficient (Wildman–Crippen LogP) is 4.70. The zero-order valence-corrected chi connectivity index (χ0v) is 18.2. The molecule has 0 atom stereocenters. The fourth-order valence-electron chi connectivity index (χ4n) is 2.89. The van der Waals surface area contributed by atoms with Crippen LogP contribution in [-0.4, -0.2) is 28.5 Å². The lowest BCUT2D eigenvalue weighted by molar-refractivity contribution is 0.100. The number of halogens is 1. The van der Waals surface area contributed by atoms with Gasteiger partial charge in [-0.25, -0.2) is 8.42 Å². The molecule has 0 saturated heterocycles. The second-order valence-corrected chi connectivity index (χ2v) is 8.60. The van der Waals surface area contributed by atoms with E-state index in [2.05, 4.69) is 0 Å². The lowest BCUT2D eigenvalue weighted by Gasteiger charge is -2.24. The van der Waals surface area contributed by atoms with Crippen LogP contribution in [0.5, 0.6) is 11.5 Å². The number of amides is 1. The number of rotatable bonds is 6. The summed E-state index contributed by atoms with van der Waals surface area (Å²) in [6, 6.07) is 17.0. The van der Waals surface area contributed by atoms with E-state index < -0.39 is 15.9 Å². The van der Waals surface area contributed by atoms with Gasteiger partial charge in [0, 0.05) is 0 Å². The van der Waals surface area contributed by atoms with Gasteiger partial charge in [-0.3, -0.25) is 4.79 Å². The summed E-state index contributed by atoms with van der Waals surface area (Å²) in [7, 11) is -1.39. The van der Waals surface area contributed by atoms with Crippen LogP contribution in [0.25, 0.3) is 0 Å². The van der Waals surface area contributed by atoms with Crippen molar-refractivity contribution in [1.29, 1.82) is 0 Å². The van der Waals surface area contributed by atoms with E-state index in [-0.39, 0.29) is 26.9 Å². The summed E-state index contributed by atoms with van der Waals surface area (Å²) < 4.78 is 38.1. The number of carbonyl (C=O) groups is 1. The Hall–Kier alpha value is -3.03. The standard InChI is InChI=1S/C22H20ClNO5S/c1-15-8-11-17(12-9-15)30(26,27)24(16-10-13-21(29-3)19(23)14-16)22(25)18-6-4-5-7-20(18)28-2/h4-14H,1-3H3. The molecule has 30 heavy (non-hydrogen) atoms. The highest BCUT2D eigenvalue weighted by atomic mass is 35.5. The van der Waals surface area contributed by atoms with Crippen LogP contribution >= 0.6 is 11.6 Å². The summed E-state index contributed by atoms with van der Waals surface area (Å²) in [5.74, 6) is -0.154. The molecule has 156 valence electrons. The van der Waals surface area contributed by atoms with E-state index >= 15 is 0 Å². The number of methoxy groups -OCH3 is 2. The number of carbonyl (C=O) groups excluding carboxylic acids is 1. The summed E-state index contributed by atoms with van der Waals surface area (Å²) in [6.45, 7) is 1.84. The average Bonchev–Trinajstić information content (AvgIpc) is 2.74. The molecule has 0 aliphatic carbocycles. The van der Waals surface area contributed by atoms with Crippen LogP contribution in [0, 0.1) is 6.92 Å². The van der Waals surface area contributed by atoms with Crippen LogP contribution in [0.1, 0.15) is 15.9 Å². The van der Waals surface area contributed by atoms with Gasteiger partial charge in [-0.2, -0.15) is 4.31 Å². The third-order valence-corrected chi connectivity index (χ3v) is 6.47. The van der Waals surface area contributed by atoms with Crippen LogP contribution in [0.4, 0.5) is 5.69 Å². The maximum Gasteiger partial charge on any atom is 0.276 e. The van der Waals surface area contributed by atoms with Crippen molar-refractivity contribution >= 4 is 33.2 Å². The van der Waals surface area contributed by atoms with Crippen LogP contribution in [-0.2, 0) is 10.0 Å². The Labute approximate surface area is 180 Å². The molecular formula is C22H20ClNO5S.